The van der Waals surface area contributed by atoms with Crippen molar-refractivity contribution in [2.24, 2.45) is 5.73 Å². The molecule has 0 aromatic rings. The predicted molar refractivity (Wildman–Crippen MR) is 90.8 cm³/mol. The van der Waals surface area contributed by atoms with Gasteiger partial charge in [0.05, 0.1) is 0 Å². The molecule has 0 saturated heterocycles. The van der Waals surface area contributed by atoms with Crippen molar-refractivity contribution in [3.63, 3.8) is 0 Å². The van der Waals surface area contributed by atoms with Crippen LogP contribution in [-0.2, 0) is 4.79 Å². The molecular formula is C18H37NO. The highest BCUT2D eigenvalue weighted by Gasteiger charge is 1.93. The molecule has 0 atom stereocenters. The number of rotatable bonds is 13. The Hall–Kier alpha value is -0.790. The zero-order valence-electron chi connectivity index (χ0n) is 14.0. The molecule has 0 aliphatic heterocycles. The Morgan fingerprint density at radius 1 is 0.850 bits per heavy atom. The normalized spacial score (nSPS) is 9.70. The van der Waals surface area contributed by atoms with Crippen molar-refractivity contribution in [2.75, 3.05) is 0 Å². The van der Waals surface area contributed by atoms with Gasteiger partial charge in [0.2, 0.25) is 5.91 Å². The third kappa shape index (κ3) is 25.9. The summed E-state index contributed by atoms with van der Waals surface area (Å²) in [4.78, 5) is 10.3. The Bertz CT molecular complexity index is 202. The van der Waals surface area contributed by atoms with Gasteiger partial charge in [-0.2, -0.15) is 0 Å². The van der Waals surface area contributed by atoms with Crippen LogP contribution in [0, 0.1) is 0 Å². The van der Waals surface area contributed by atoms with Gasteiger partial charge in [0, 0.05) is 6.42 Å². The van der Waals surface area contributed by atoms with Gasteiger partial charge >= 0.3 is 0 Å². The lowest BCUT2D eigenvalue weighted by Gasteiger charge is -1.97. The fourth-order valence-electron chi connectivity index (χ4n) is 1.97. The molecule has 0 radical (unpaired) electrons. The standard InChI is InChI=1S/C9H19NO.C9H18/c1-2-3-4-5-6-7-8-9(10)11;1-3-5-7-9-8-6-4-2/h2-8H2,1H3,(H2,10,11);3H,1,4-9H2,2H3. The van der Waals surface area contributed by atoms with E-state index in [1.165, 1.54) is 64.2 Å². The van der Waals surface area contributed by atoms with Crippen LogP contribution in [0.25, 0.3) is 0 Å². The molecule has 0 aromatic heterocycles. The summed E-state index contributed by atoms with van der Waals surface area (Å²) >= 11 is 0. The third-order valence-corrected chi connectivity index (χ3v) is 3.29. The lowest BCUT2D eigenvalue weighted by atomic mass is 10.1. The zero-order valence-corrected chi connectivity index (χ0v) is 14.0. The number of carbonyl (C=O) groups excluding carboxylic acids is 1. The summed E-state index contributed by atoms with van der Waals surface area (Å²) in [5.74, 6) is -0.166. The van der Waals surface area contributed by atoms with Crippen LogP contribution in [0.4, 0.5) is 0 Å². The maximum absolute atomic E-state index is 10.3. The molecule has 2 N–H and O–H groups in total. The van der Waals surface area contributed by atoms with Crippen LogP contribution in [-0.4, -0.2) is 5.91 Å². The van der Waals surface area contributed by atoms with E-state index in [1.807, 2.05) is 6.08 Å². The summed E-state index contributed by atoms with van der Waals surface area (Å²) in [6.45, 7) is 8.12. The second kappa shape index (κ2) is 20.5. The van der Waals surface area contributed by atoms with Gasteiger partial charge in [-0.15, -0.1) is 6.58 Å². The Morgan fingerprint density at radius 2 is 1.30 bits per heavy atom. The van der Waals surface area contributed by atoms with Crippen molar-refractivity contribution < 1.29 is 4.79 Å². The quantitative estimate of drug-likeness (QED) is 0.339. The molecular weight excluding hydrogens is 246 g/mol. The van der Waals surface area contributed by atoms with Crippen molar-refractivity contribution in [3.05, 3.63) is 12.7 Å². The van der Waals surface area contributed by atoms with Crippen LogP contribution in [0.3, 0.4) is 0 Å². The van der Waals surface area contributed by atoms with Crippen LogP contribution in [0.15, 0.2) is 12.7 Å². The molecule has 1 amide bonds. The van der Waals surface area contributed by atoms with Gasteiger partial charge < -0.3 is 5.73 Å². The highest BCUT2D eigenvalue weighted by Crippen LogP contribution is 2.06. The molecule has 120 valence electrons. The number of unbranched alkanes of at least 4 members (excludes halogenated alkanes) is 10. The molecule has 0 fully saturated rings. The first-order chi connectivity index (χ1) is 9.68. The zero-order chi connectivity index (χ0) is 15.5. The van der Waals surface area contributed by atoms with Crippen molar-refractivity contribution in [3.8, 4) is 0 Å². The molecule has 2 heteroatoms. The lowest BCUT2D eigenvalue weighted by Crippen LogP contribution is -2.09. The Kier molecular flexibility index (Phi) is 22.1. The van der Waals surface area contributed by atoms with E-state index < -0.39 is 0 Å². The Balaban J connectivity index is 0. The third-order valence-electron chi connectivity index (χ3n) is 3.29. The van der Waals surface area contributed by atoms with E-state index in [1.54, 1.807) is 0 Å². The first-order valence-electron chi connectivity index (χ1n) is 8.58. The second-order valence-corrected chi connectivity index (χ2v) is 5.48. The average molecular weight is 283 g/mol. The summed E-state index contributed by atoms with van der Waals surface area (Å²) in [5.41, 5.74) is 4.99. The molecule has 0 heterocycles. The number of allylic oxidation sites excluding steroid dienone is 1. The smallest absolute Gasteiger partial charge is 0.217 e. The highest BCUT2D eigenvalue weighted by atomic mass is 16.1. The molecule has 0 aliphatic carbocycles. The van der Waals surface area contributed by atoms with Crippen LogP contribution in [0.2, 0.25) is 0 Å². The molecule has 0 aromatic carbocycles. The van der Waals surface area contributed by atoms with Gasteiger partial charge in [0.25, 0.3) is 0 Å². The van der Waals surface area contributed by atoms with Crippen molar-refractivity contribution in [1.29, 1.82) is 0 Å². The molecule has 0 spiro atoms. The van der Waals surface area contributed by atoms with E-state index in [2.05, 4.69) is 20.4 Å². The number of nitrogens with two attached hydrogens (primary N) is 1. The van der Waals surface area contributed by atoms with E-state index >= 15 is 0 Å². The number of amides is 1. The maximum atomic E-state index is 10.3. The molecule has 20 heavy (non-hydrogen) atoms. The molecule has 0 aliphatic rings. The summed E-state index contributed by atoms with van der Waals surface area (Å²) < 4.78 is 0. The summed E-state index contributed by atoms with van der Waals surface area (Å²) in [6.07, 6.45) is 17.9. The number of hydrogen-bond donors (Lipinski definition) is 1. The fourth-order valence-corrected chi connectivity index (χ4v) is 1.97. The van der Waals surface area contributed by atoms with E-state index in [0.717, 1.165) is 12.8 Å². The summed E-state index contributed by atoms with van der Waals surface area (Å²) in [7, 11) is 0. The number of primary amides is 1. The van der Waals surface area contributed by atoms with E-state index in [0.29, 0.717) is 6.42 Å². The Morgan fingerprint density at radius 3 is 1.75 bits per heavy atom. The minimum atomic E-state index is -0.166. The van der Waals surface area contributed by atoms with E-state index in [9.17, 15) is 4.79 Å². The lowest BCUT2D eigenvalue weighted by molar-refractivity contribution is -0.118. The predicted octanol–water partition coefficient (Wildman–Crippen LogP) is 5.76. The van der Waals surface area contributed by atoms with Gasteiger partial charge in [-0.1, -0.05) is 77.7 Å². The monoisotopic (exact) mass is 283 g/mol. The first kappa shape index (κ1) is 21.5. The van der Waals surface area contributed by atoms with Gasteiger partial charge in [0.15, 0.2) is 0 Å². The Labute approximate surface area is 127 Å². The van der Waals surface area contributed by atoms with Crippen LogP contribution in [0.5, 0.6) is 0 Å². The summed E-state index contributed by atoms with van der Waals surface area (Å²) in [5, 5.41) is 0. The molecule has 0 bridgehead atoms. The van der Waals surface area contributed by atoms with Crippen LogP contribution < -0.4 is 5.73 Å². The highest BCUT2D eigenvalue weighted by molar-refractivity contribution is 5.73. The van der Waals surface area contributed by atoms with Crippen molar-refractivity contribution >= 4 is 5.91 Å². The van der Waals surface area contributed by atoms with E-state index in [4.69, 9.17) is 5.73 Å². The largest absolute Gasteiger partial charge is 0.370 e. The van der Waals surface area contributed by atoms with Gasteiger partial charge in [-0.05, 0) is 19.3 Å². The fraction of sp³-hybridized carbons (Fsp3) is 0.833. The van der Waals surface area contributed by atoms with Gasteiger partial charge in [-0.3, -0.25) is 4.79 Å². The molecule has 2 nitrogen and oxygen atoms in total. The minimum Gasteiger partial charge on any atom is -0.370 e. The van der Waals surface area contributed by atoms with Gasteiger partial charge in [0.1, 0.15) is 0 Å². The average Bonchev–Trinajstić information content (AvgIpc) is 2.43. The summed E-state index contributed by atoms with van der Waals surface area (Å²) in [6, 6.07) is 0. The molecule has 0 unspecified atom stereocenters. The second-order valence-electron chi connectivity index (χ2n) is 5.48. The maximum Gasteiger partial charge on any atom is 0.217 e. The molecule has 0 rings (SSSR count). The van der Waals surface area contributed by atoms with Crippen LogP contribution in [0.1, 0.15) is 97.3 Å². The number of carbonyl (C=O) groups is 1. The van der Waals surface area contributed by atoms with E-state index in [-0.39, 0.29) is 5.91 Å². The van der Waals surface area contributed by atoms with Crippen molar-refractivity contribution in [2.45, 2.75) is 97.3 Å². The first-order valence-corrected chi connectivity index (χ1v) is 8.58. The van der Waals surface area contributed by atoms with Crippen molar-refractivity contribution in [1.82, 2.24) is 0 Å². The minimum absolute atomic E-state index is 0.166. The van der Waals surface area contributed by atoms with Gasteiger partial charge in [-0.25, -0.2) is 0 Å². The topological polar surface area (TPSA) is 43.1 Å². The van der Waals surface area contributed by atoms with Crippen LogP contribution >= 0.6 is 0 Å². The SMILES string of the molecule is C=CCCCCCCC.CCCCCCCCC(N)=O. The molecule has 0 saturated carbocycles. The number of hydrogen-bond acceptors (Lipinski definition) is 1.